The lowest BCUT2D eigenvalue weighted by Crippen LogP contribution is -2.38. The van der Waals surface area contributed by atoms with E-state index in [1.165, 1.54) is 0 Å². The molecule has 0 aliphatic carbocycles. The van der Waals surface area contributed by atoms with Crippen LogP contribution in [0.1, 0.15) is 31.7 Å². The minimum Gasteiger partial charge on any atom is -0.411 e. The lowest BCUT2D eigenvalue weighted by Gasteiger charge is -2.33. The van der Waals surface area contributed by atoms with Gasteiger partial charge in [0.15, 0.2) is 0 Å². The predicted octanol–water partition coefficient (Wildman–Crippen LogP) is 2.64. The highest BCUT2D eigenvalue weighted by atomic mass is 16.5. The number of hydrogen-bond acceptors (Lipinski definition) is 4. The lowest BCUT2D eigenvalue weighted by molar-refractivity contribution is 0.0600. The second-order valence-electron chi connectivity index (χ2n) is 5.41. The zero-order chi connectivity index (χ0) is 13.2. The first-order valence-corrected chi connectivity index (χ1v) is 6.98. The van der Waals surface area contributed by atoms with Gasteiger partial charge in [-0.25, -0.2) is 0 Å². The molecule has 0 spiro atoms. The third-order valence-corrected chi connectivity index (χ3v) is 4.04. The molecule has 1 aromatic carbocycles. The monoisotopic (exact) mass is 260 g/mol. The van der Waals surface area contributed by atoms with E-state index < -0.39 is 0 Å². The van der Waals surface area contributed by atoms with Crippen molar-refractivity contribution in [2.24, 2.45) is 5.16 Å². The number of ether oxygens (including phenoxy) is 1. The molecule has 0 saturated carbocycles. The maximum atomic E-state index is 9.09. The molecular weight excluding hydrogens is 240 g/mol. The Morgan fingerprint density at radius 2 is 2.21 bits per heavy atom. The van der Waals surface area contributed by atoms with Crippen molar-refractivity contribution in [3.63, 3.8) is 0 Å². The van der Waals surface area contributed by atoms with Crippen LogP contribution >= 0.6 is 0 Å². The number of rotatable bonds is 2. The van der Waals surface area contributed by atoms with Crippen LogP contribution in [0.5, 0.6) is 0 Å². The molecule has 0 aromatic heterocycles. The zero-order valence-corrected chi connectivity index (χ0v) is 11.2. The molecule has 2 heterocycles. The minimum absolute atomic E-state index is 0.329. The summed E-state index contributed by atoms with van der Waals surface area (Å²) in [5.74, 6) is 0. The summed E-state index contributed by atoms with van der Waals surface area (Å²) in [4.78, 5) is 2.35. The van der Waals surface area contributed by atoms with Crippen molar-refractivity contribution >= 4 is 11.4 Å². The Morgan fingerprint density at radius 1 is 1.37 bits per heavy atom. The first-order valence-electron chi connectivity index (χ1n) is 6.98. The standard InChI is InChI=1S/C15H20N2O2/c1-11-6-7-12(19-11)10-17-9-8-14(16-18)13-4-2-3-5-15(13)17/h2-5,11-12,18H,6-10H2,1H3/b16-14-. The van der Waals surface area contributed by atoms with Gasteiger partial charge in [0.1, 0.15) is 0 Å². The fourth-order valence-corrected chi connectivity index (χ4v) is 3.05. The number of para-hydroxylation sites is 1. The van der Waals surface area contributed by atoms with Crippen molar-refractivity contribution in [2.75, 3.05) is 18.0 Å². The SMILES string of the molecule is CC1CCC(CN2CC/C(=N/O)c3ccccc32)O1. The van der Waals surface area contributed by atoms with E-state index in [2.05, 4.69) is 23.0 Å². The largest absolute Gasteiger partial charge is 0.411 e. The van der Waals surface area contributed by atoms with Gasteiger partial charge in [-0.15, -0.1) is 0 Å². The Morgan fingerprint density at radius 3 is 2.95 bits per heavy atom. The number of fused-ring (bicyclic) bond motifs is 1. The molecule has 2 aliphatic heterocycles. The Bertz CT molecular complexity index is 487. The molecular formula is C15H20N2O2. The average molecular weight is 260 g/mol. The fraction of sp³-hybridized carbons (Fsp3) is 0.533. The molecule has 2 unspecified atom stereocenters. The predicted molar refractivity (Wildman–Crippen MR) is 75.2 cm³/mol. The lowest BCUT2D eigenvalue weighted by atomic mass is 9.99. The van der Waals surface area contributed by atoms with Crippen LogP contribution in [0.2, 0.25) is 0 Å². The summed E-state index contributed by atoms with van der Waals surface area (Å²) >= 11 is 0. The Kier molecular flexibility index (Phi) is 3.42. The van der Waals surface area contributed by atoms with E-state index in [0.717, 1.165) is 49.3 Å². The highest BCUT2D eigenvalue weighted by Gasteiger charge is 2.27. The van der Waals surface area contributed by atoms with Gasteiger partial charge in [0.2, 0.25) is 0 Å². The number of anilines is 1. The molecule has 0 bridgehead atoms. The van der Waals surface area contributed by atoms with Crippen molar-refractivity contribution in [1.82, 2.24) is 0 Å². The van der Waals surface area contributed by atoms with Gasteiger partial charge in [-0.1, -0.05) is 23.4 Å². The maximum Gasteiger partial charge on any atom is 0.0906 e. The van der Waals surface area contributed by atoms with Crippen LogP contribution in [0.15, 0.2) is 29.4 Å². The van der Waals surface area contributed by atoms with Gasteiger partial charge in [-0.05, 0) is 25.8 Å². The summed E-state index contributed by atoms with van der Waals surface area (Å²) < 4.78 is 5.91. The normalized spacial score (nSPS) is 28.7. The van der Waals surface area contributed by atoms with Gasteiger partial charge in [0.05, 0.1) is 17.9 Å². The third kappa shape index (κ3) is 2.45. The minimum atomic E-state index is 0.329. The van der Waals surface area contributed by atoms with E-state index in [4.69, 9.17) is 9.94 Å². The molecule has 1 N–H and O–H groups in total. The van der Waals surface area contributed by atoms with Crippen molar-refractivity contribution in [3.8, 4) is 0 Å². The third-order valence-electron chi connectivity index (χ3n) is 4.04. The van der Waals surface area contributed by atoms with E-state index in [9.17, 15) is 0 Å². The van der Waals surface area contributed by atoms with Crippen molar-refractivity contribution in [3.05, 3.63) is 29.8 Å². The van der Waals surface area contributed by atoms with E-state index >= 15 is 0 Å². The van der Waals surface area contributed by atoms with Crippen molar-refractivity contribution in [2.45, 2.75) is 38.4 Å². The van der Waals surface area contributed by atoms with Gasteiger partial charge in [0, 0.05) is 30.8 Å². The Labute approximate surface area is 113 Å². The molecule has 0 radical (unpaired) electrons. The summed E-state index contributed by atoms with van der Waals surface area (Å²) in [6, 6.07) is 8.14. The number of oxime groups is 1. The fourth-order valence-electron chi connectivity index (χ4n) is 3.05. The van der Waals surface area contributed by atoms with Crippen LogP contribution in [0.3, 0.4) is 0 Å². The number of benzene rings is 1. The van der Waals surface area contributed by atoms with Crippen LogP contribution in [-0.2, 0) is 4.74 Å². The molecule has 1 fully saturated rings. The molecule has 1 aromatic rings. The Balaban J connectivity index is 1.80. The van der Waals surface area contributed by atoms with Gasteiger partial charge < -0.3 is 14.8 Å². The van der Waals surface area contributed by atoms with Crippen LogP contribution in [0, 0.1) is 0 Å². The molecule has 2 aliphatic rings. The maximum absolute atomic E-state index is 9.09. The highest BCUT2D eigenvalue weighted by molar-refractivity contribution is 6.06. The average Bonchev–Trinajstić information content (AvgIpc) is 2.85. The first kappa shape index (κ1) is 12.5. The quantitative estimate of drug-likeness (QED) is 0.657. The number of hydrogen-bond donors (Lipinski definition) is 1. The molecule has 1 saturated heterocycles. The highest BCUT2D eigenvalue weighted by Crippen LogP contribution is 2.29. The summed E-state index contributed by atoms with van der Waals surface area (Å²) in [6.07, 6.45) is 3.80. The topological polar surface area (TPSA) is 45.1 Å². The second kappa shape index (κ2) is 5.21. The number of nitrogens with zero attached hydrogens (tertiary/aromatic N) is 2. The summed E-state index contributed by atoms with van der Waals surface area (Å²) in [5, 5.41) is 12.5. The molecule has 4 heteroatoms. The van der Waals surface area contributed by atoms with Crippen molar-refractivity contribution in [1.29, 1.82) is 0 Å². The first-order chi connectivity index (χ1) is 9.28. The van der Waals surface area contributed by atoms with Gasteiger partial charge in [-0.3, -0.25) is 0 Å². The van der Waals surface area contributed by atoms with Crippen molar-refractivity contribution < 1.29 is 9.94 Å². The van der Waals surface area contributed by atoms with Gasteiger partial charge >= 0.3 is 0 Å². The van der Waals surface area contributed by atoms with Crippen LogP contribution in [0.4, 0.5) is 5.69 Å². The van der Waals surface area contributed by atoms with Gasteiger partial charge in [0.25, 0.3) is 0 Å². The van der Waals surface area contributed by atoms with E-state index in [1.807, 2.05) is 18.2 Å². The van der Waals surface area contributed by atoms with Crippen LogP contribution < -0.4 is 4.90 Å². The molecule has 2 atom stereocenters. The molecule has 19 heavy (non-hydrogen) atoms. The molecule has 4 nitrogen and oxygen atoms in total. The summed E-state index contributed by atoms with van der Waals surface area (Å²) in [6.45, 7) is 3.96. The van der Waals surface area contributed by atoms with E-state index in [-0.39, 0.29) is 0 Å². The summed E-state index contributed by atoms with van der Waals surface area (Å²) in [7, 11) is 0. The van der Waals surface area contributed by atoms with Crippen LogP contribution in [0.25, 0.3) is 0 Å². The van der Waals surface area contributed by atoms with Gasteiger partial charge in [-0.2, -0.15) is 0 Å². The molecule has 102 valence electrons. The molecule has 3 rings (SSSR count). The Hall–Kier alpha value is -1.55. The summed E-state index contributed by atoms with van der Waals surface area (Å²) in [5.41, 5.74) is 2.99. The smallest absolute Gasteiger partial charge is 0.0906 e. The van der Waals surface area contributed by atoms with Crippen LogP contribution in [-0.4, -0.2) is 36.2 Å². The van der Waals surface area contributed by atoms with E-state index in [0.29, 0.717) is 12.2 Å². The zero-order valence-electron chi connectivity index (χ0n) is 11.2. The van der Waals surface area contributed by atoms with E-state index in [1.54, 1.807) is 0 Å². The molecule has 0 amide bonds. The second-order valence-corrected chi connectivity index (χ2v) is 5.41.